The predicted octanol–water partition coefficient (Wildman–Crippen LogP) is 8.63. The van der Waals surface area contributed by atoms with Gasteiger partial charge in [-0.3, -0.25) is 4.79 Å². The normalized spacial score (nSPS) is 16.1. The molecule has 34 heavy (non-hydrogen) atoms. The zero-order valence-electron chi connectivity index (χ0n) is 23.6. The lowest BCUT2D eigenvalue weighted by Crippen LogP contribution is -2.44. The lowest BCUT2D eigenvalue weighted by atomic mass is 9.67. The summed E-state index contributed by atoms with van der Waals surface area (Å²) in [6.07, 6.45) is 0. The Morgan fingerprint density at radius 2 is 1.26 bits per heavy atom. The van der Waals surface area contributed by atoms with Crippen molar-refractivity contribution < 1.29 is 13.6 Å². The number of hydrogen-bond acceptors (Lipinski definition) is 3. The number of carbonyl (C=O) groups excluding carboxylic acids is 1. The van der Waals surface area contributed by atoms with Crippen LogP contribution in [-0.4, -0.2) is 22.4 Å². The molecule has 2 aromatic carbocycles. The summed E-state index contributed by atoms with van der Waals surface area (Å²) >= 11 is 0. The van der Waals surface area contributed by atoms with Crippen molar-refractivity contribution >= 4 is 22.4 Å². The highest BCUT2D eigenvalue weighted by Gasteiger charge is 2.43. The van der Waals surface area contributed by atoms with Crippen molar-refractivity contribution in [3.05, 3.63) is 58.1 Å². The molecule has 0 atom stereocenters. The molecule has 0 saturated heterocycles. The Balaban J connectivity index is 2.12. The number of benzene rings is 2. The topological polar surface area (TPSA) is 35.5 Å². The minimum atomic E-state index is -2.01. The summed E-state index contributed by atoms with van der Waals surface area (Å²) in [6.45, 7) is 29.1. The van der Waals surface area contributed by atoms with Gasteiger partial charge in [0.05, 0.1) is 0 Å². The van der Waals surface area contributed by atoms with Crippen LogP contribution < -0.4 is 8.85 Å². The number of fused-ring (bicyclic) bond motifs is 2. The highest BCUT2D eigenvalue weighted by atomic mass is 28.4. The van der Waals surface area contributed by atoms with Gasteiger partial charge in [-0.1, -0.05) is 55.4 Å². The summed E-state index contributed by atoms with van der Waals surface area (Å²) in [5.74, 6) is 1.86. The standard InChI is InChI=1S/C29H44O3Si2/c1-19-24(32-34(12,13)28(5,6)7)17-16-22-25(19)29(8,9)23-18-20(14-15-21(23)26(22)30)31-33(10,11)27(2,3)4/h14-18H,1-13H3. The molecule has 1 aliphatic carbocycles. The molecule has 0 heterocycles. The zero-order valence-corrected chi connectivity index (χ0v) is 25.6. The van der Waals surface area contributed by atoms with Crippen LogP contribution in [0.1, 0.15) is 88.0 Å². The third kappa shape index (κ3) is 4.42. The van der Waals surface area contributed by atoms with Gasteiger partial charge in [0, 0.05) is 16.5 Å². The molecule has 0 N–H and O–H groups in total. The molecule has 0 bridgehead atoms. The molecule has 2 aromatic rings. The quantitative estimate of drug-likeness (QED) is 0.397. The Morgan fingerprint density at radius 1 is 0.765 bits per heavy atom. The molecular formula is C29H44O3Si2. The average molecular weight is 497 g/mol. The van der Waals surface area contributed by atoms with Crippen LogP contribution in [0.3, 0.4) is 0 Å². The van der Waals surface area contributed by atoms with Crippen molar-refractivity contribution in [1.29, 1.82) is 0 Å². The predicted molar refractivity (Wildman–Crippen MR) is 149 cm³/mol. The van der Waals surface area contributed by atoms with E-state index in [0.717, 1.165) is 39.3 Å². The maximum atomic E-state index is 13.6. The summed E-state index contributed by atoms with van der Waals surface area (Å²) in [4.78, 5) is 13.6. The molecule has 0 spiro atoms. The first-order valence-electron chi connectivity index (χ1n) is 12.4. The second-order valence-corrected chi connectivity index (χ2v) is 22.9. The van der Waals surface area contributed by atoms with E-state index in [0.29, 0.717) is 0 Å². The lowest BCUT2D eigenvalue weighted by molar-refractivity contribution is 0.103. The van der Waals surface area contributed by atoms with E-state index < -0.39 is 16.6 Å². The molecule has 0 amide bonds. The van der Waals surface area contributed by atoms with E-state index in [4.69, 9.17) is 8.85 Å². The summed E-state index contributed by atoms with van der Waals surface area (Å²) in [7, 11) is -4.00. The monoisotopic (exact) mass is 496 g/mol. The Bertz CT molecular complexity index is 1130. The molecule has 0 fully saturated rings. The Labute approximate surface area is 209 Å². The fourth-order valence-electron chi connectivity index (χ4n) is 4.26. The lowest BCUT2D eigenvalue weighted by Gasteiger charge is -2.40. The van der Waals surface area contributed by atoms with Crippen LogP contribution in [0.4, 0.5) is 0 Å². The van der Waals surface area contributed by atoms with E-state index in [1.165, 1.54) is 0 Å². The van der Waals surface area contributed by atoms with Crippen LogP contribution in [0.15, 0.2) is 30.3 Å². The second-order valence-electron chi connectivity index (χ2n) is 13.5. The molecule has 0 aliphatic heterocycles. The van der Waals surface area contributed by atoms with E-state index in [1.54, 1.807) is 0 Å². The smallest absolute Gasteiger partial charge is 0.250 e. The van der Waals surface area contributed by atoms with E-state index in [1.807, 2.05) is 24.3 Å². The van der Waals surface area contributed by atoms with E-state index in [2.05, 4.69) is 94.6 Å². The fraction of sp³-hybridized carbons (Fsp3) is 0.552. The zero-order chi connectivity index (χ0) is 26.1. The first kappa shape index (κ1) is 26.7. The van der Waals surface area contributed by atoms with Crippen molar-refractivity contribution in [2.45, 2.75) is 104 Å². The molecule has 3 rings (SSSR count). The van der Waals surface area contributed by atoms with E-state index in [-0.39, 0.29) is 21.3 Å². The van der Waals surface area contributed by atoms with E-state index >= 15 is 0 Å². The van der Waals surface area contributed by atoms with Crippen molar-refractivity contribution in [2.75, 3.05) is 0 Å². The number of hydrogen-bond donors (Lipinski definition) is 0. The van der Waals surface area contributed by atoms with Crippen LogP contribution in [0.25, 0.3) is 0 Å². The van der Waals surface area contributed by atoms with Crippen LogP contribution in [0.5, 0.6) is 11.5 Å². The van der Waals surface area contributed by atoms with Gasteiger partial charge in [-0.25, -0.2) is 0 Å². The maximum absolute atomic E-state index is 13.6. The van der Waals surface area contributed by atoms with Crippen LogP contribution in [0.2, 0.25) is 36.3 Å². The first-order chi connectivity index (χ1) is 15.2. The first-order valence-corrected chi connectivity index (χ1v) is 18.2. The van der Waals surface area contributed by atoms with Crippen molar-refractivity contribution in [3.8, 4) is 11.5 Å². The molecule has 186 valence electrons. The Morgan fingerprint density at radius 3 is 1.79 bits per heavy atom. The van der Waals surface area contributed by atoms with Gasteiger partial charge in [-0.05, 0) is 90.2 Å². The van der Waals surface area contributed by atoms with Crippen molar-refractivity contribution in [1.82, 2.24) is 0 Å². The van der Waals surface area contributed by atoms with Crippen LogP contribution in [-0.2, 0) is 5.41 Å². The molecule has 0 unspecified atom stereocenters. The highest BCUT2D eigenvalue weighted by Crippen LogP contribution is 2.48. The molecule has 0 radical (unpaired) electrons. The average Bonchev–Trinajstić information content (AvgIpc) is 2.65. The molecule has 0 saturated carbocycles. The second kappa shape index (κ2) is 8.09. The van der Waals surface area contributed by atoms with Gasteiger partial charge in [0.1, 0.15) is 11.5 Å². The van der Waals surface area contributed by atoms with Crippen molar-refractivity contribution in [3.63, 3.8) is 0 Å². The summed E-state index contributed by atoms with van der Waals surface area (Å²) in [5.41, 5.74) is 4.40. The summed E-state index contributed by atoms with van der Waals surface area (Å²) in [5, 5.41) is 0.205. The third-order valence-corrected chi connectivity index (χ3v) is 17.2. The van der Waals surface area contributed by atoms with Crippen LogP contribution in [0, 0.1) is 6.92 Å². The van der Waals surface area contributed by atoms with Crippen LogP contribution >= 0.6 is 0 Å². The van der Waals surface area contributed by atoms with Gasteiger partial charge in [-0.2, -0.15) is 0 Å². The fourth-order valence-corrected chi connectivity index (χ4v) is 6.35. The number of carbonyl (C=O) groups is 1. The van der Waals surface area contributed by atoms with Gasteiger partial charge >= 0.3 is 0 Å². The summed E-state index contributed by atoms with van der Waals surface area (Å²) in [6, 6.07) is 10.0. The highest BCUT2D eigenvalue weighted by molar-refractivity contribution is 6.75. The SMILES string of the molecule is Cc1c(O[Si](C)(C)C(C)(C)C)ccc2c1C(C)(C)c1cc(O[Si](C)(C)C(C)(C)C)ccc1C2=O. The third-order valence-electron chi connectivity index (χ3n) is 8.54. The number of ketones is 1. The maximum Gasteiger partial charge on any atom is 0.250 e. The van der Waals surface area contributed by atoms with Gasteiger partial charge in [0.15, 0.2) is 5.78 Å². The van der Waals surface area contributed by atoms with Gasteiger partial charge < -0.3 is 8.85 Å². The molecule has 5 heteroatoms. The minimum Gasteiger partial charge on any atom is -0.543 e. The molecule has 0 aromatic heterocycles. The number of rotatable bonds is 4. The summed E-state index contributed by atoms with van der Waals surface area (Å²) < 4.78 is 13.3. The molecular weight excluding hydrogens is 452 g/mol. The van der Waals surface area contributed by atoms with Gasteiger partial charge in [0.25, 0.3) is 0 Å². The van der Waals surface area contributed by atoms with E-state index in [9.17, 15) is 4.79 Å². The molecule has 1 aliphatic rings. The van der Waals surface area contributed by atoms with Gasteiger partial charge in [-0.15, -0.1) is 0 Å². The minimum absolute atomic E-state index is 0.0881. The van der Waals surface area contributed by atoms with Crippen molar-refractivity contribution in [2.24, 2.45) is 0 Å². The Hall–Kier alpha value is -1.86. The largest absolute Gasteiger partial charge is 0.543 e. The Kier molecular flexibility index (Phi) is 6.36. The van der Waals surface area contributed by atoms with Gasteiger partial charge in [0.2, 0.25) is 16.6 Å². The molecule has 3 nitrogen and oxygen atoms in total.